The molecule has 1 aliphatic rings. The third-order valence-corrected chi connectivity index (χ3v) is 7.19. The lowest BCUT2D eigenvalue weighted by Crippen LogP contribution is -2.44. The highest BCUT2D eigenvalue weighted by atomic mass is 32.2. The number of anilines is 3. The van der Waals surface area contributed by atoms with Crippen molar-refractivity contribution in [3.8, 4) is 11.1 Å². The van der Waals surface area contributed by atoms with E-state index < -0.39 is 14.8 Å². The van der Waals surface area contributed by atoms with Crippen molar-refractivity contribution in [2.24, 2.45) is 0 Å². The van der Waals surface area contributed by atoms with E-state index in [0.717, 1.165) is 31.9 Å². The summed E-state index contributed by atoms with van der Waals surface area (Å²) >= 11 is 0. The lowest BCUT2D eigenvalue weighted by molar-refractivity contribution is -0.389. The van der Waals surface area contributed by atoms with E-state index in [1.807, 2.05) is 12.1 Å². The van der Waals surface area contributed by atoms with E-state index in [4.69, 9.17) is 4.42 Å². The SMILES string of the molecule is CN1CCN(c2cc(Nc3nc4cccc(-c5ccc([N+](=O)[O-])nc5)c4o3)cc(S(C)(=O)=O)c2)CC1. The van der Waals surface area contributed by atoms with Crippen LogP contribution < -0.4 is 10.2 Å². The normalized spacial score (nSPS) is 14.8. The second kappa shape index (κ2) is 9.21. The average Bonchev–Trinajstić information content (AvgIpc) is 3.26. The van der Waals surface area contributed by atoms with Gasteiger partial charge in [-0.2, -0.15) is 4.98 Å². The van der Waals surface area contributed by atoms with Crippen molar-refractivity contribution in [2.75, 3.05) is 49.7 Å². The number of fused-ring (bicyclic) bond motifs is 1. The van der Waals surface area contributed by atoms with Gasteiger partial charge < -0.3 is 29.6 Å². The summed E-state index contributed by atoms with van der Waals surface area (Å²) in [4.78, 5) is 23.4. The zero-order valence-electron chi connectivity index (χ0n) is 19.7. The average molecular weight is 509 g/mol. The summed E-state index contributed by atoms with van der Waals surface area (Å²) in [6.07, 6.45) is 2.60. The topological polar surface area (TPSA) is 135 Å². The molecule has 1 fully saturated rings. The highest BCUT2D eigenvalue weighted by Crippen LogP contribution is 2.33. The van der Waals surface area contributed by atoms with Gasteiger partial charge in [-0.25, -0.2) is 8.42 Å². The molecule has 0 atom stereocenters. The monoisotopic (exact) mass is 508 g/mol. The standard InChI is InChI=1S/C24H24N6O5S/c1-28-8-10-29(11-9-28)18-12-17(13-19(14-18)36(2,33)34)26-24-27-21-5-3-4-20(23(21)35-24)16-6-7-22(25-15-16)30(31)32/h3-7,12-15H,8-11H2,1-2H3,(H,26,27). The Balaban J connectivity index is 1.49. The number of nitrogens with one attached hydrogen (secondary N) is 1. The van der Waals surface area contributed by atoms with Crippen LogP contribution in [-0.2, 0) is 9.84 Å². The number of sulfone groups is 1. The minimum Gasteiger partial charge on any atom is -0.423 e. The van der Waals surface area contributed by atoms with Crippen molar-refractivity contribution < 1.29 is 17.8 Å². The van der Waals surface area contributed by atoms with E-state index in [0.29, 0.717) is 27.9 Å². The summed E-state index contributed by atoms with van der Waals surface area (Å²) in [5, 5.41) is 14.0. The molecule has 2 aromatic carbocycles. The van der Waals surface area contributed by atoms with Crippen molar-refractivity contribution >= 4 is 44.1 Å². The van der Waals surface area contributed by atoms with E-state index in [1.165, 1.54) is 18.5 Å². The summed E-state index contributed by atoms with van der Waals surface area (Å²) in [7, 11) is -1.39. The molecule has 0 amide bonds. The number of piperazine rings is 1. The highest BCUT2D eigenvalue weighted by molar-refractivity contribution is 7.90. The zero-order valence-corrected chi connectivity index (χ0v) is 20.5. The van der Waals surface area contributed by atoms with Crippen LogP contribution in [-0.4, -0.2) is 67.7 Å². The minimum atomic E-state index is -3.45. The Labute approximate surface area is 207 Å². The van der Waals surface area contributed by atoms with Crippen molar-refractivity contribution in [2.45, 2.75) is 4.90 Å². The Kier molecular flexibility index (Phi) is 6.06. The Morgan fingerprint density at radius 1 is 1.08 bits per heavy atom. The third-order valence-electron chi connectivity index (χ3n) is 6.10. The van der Waals surface area contributed by atoms with E-state index >= 15 is 0 Å². The first-order valence-electron chi connectivity index (χ1n) is 11.2. The van der Waals surface area contributed by atoms with Crippen LogP contribution in [0.15, 0.2) is 64.0 Å². The lowest BCUT2D eigenvalue weighted by atomic mass is 10.1. The molecule has 0 bridgehead atoms. The maximum Gasteiger partial charge on any atom is 0.363 e. The molecular weight excluding hydrogens is 484 g/mol. The van der Waals surface area contributed by atoms with Gasteiger partial charge in [-0.15, -0.1) is 0 Å². The molecule has 11 nitrogen and oxygen atoms in total. The maximum absolute atomic E-state index is 12.4. The molecule has 1 N–H and O–H groups in total. The van der Waals surface area contributed by atoms with Gasteiger partial charge in [0.1, 0.15) is 11.7 Å². The van der Waals surface area contributed by atoms with Crippen molar-refractivity contribution in [3.63, 3.8) is 0 Å². The van der Waals surface area contributed by atoms with Crippen molar-refractivity contribution in [1.82, 2.24) is 14.9 Å². The quantitative estimate of drug-likeness (QED) is 0.303. The summed E-state index contributed by atoms with van der Waals surface area (Å²) in [6.45, 7) is 3.35. The first-order valence-corrected chi connectivity index (χ1v) is 13.1. The molecule has 186 valence electrons. The van der Waals surface area contributed by atoms with Gasteiger partial charge in [0.25, 0.3) is 6.01 Å². The second-order valence-electron chi connectivity index (χ2n) is 8.74. The van der Waals surface area contributed by atoms with Gasteiger partial charge in [0, 0.05) is 61.0 Å². The molecule has 2 aromatic heterocycles. The summed E-state index contributed by atoms with van der Waals surface area (Å²) < 4.78 is 30.8. The number of rotatable bonds is 6. The summed E-state index contributed by atoms with van der Waals surface area (Å²) in [5.41, 5.74) is 3.73. The predicted octanol–water partition coefficient (Wildman–Crippen LogP) is 3.70. The number of pyridine rings is 1. The molecule has 5 rings (SSSR count). The molecule has 4 aromatic rings. The number of oxazole rings is 1. The molecule has 1 saturated heterocycles. The Morgan fingerprint density at radius 3 is 2.53 bits per heavy atom. The maximum atomic E-state index is 12.4. The van der Waals surface area contributed by atoms with Crippen LogP contribution in [0.5, 0.6) is 0 Å². The van der Waals surface area contributed by atoms with Gasteiger partial charge in [0.15, 0.2) is 15.4 Å². The van der Waals surface area contributed by atoms with E-state index in [-0.39, 0.29) is 16.7 Å². The summed E-state index contributed by atoms with van der Waals surface area (Å²) in [6, 6.07) is 13.7. The van der Waals surface area contributed by atoms with Crippen molar-refractivity contribution in [3.05, 3.63) is 64.8 Å². The van der Waals surface area contributed by atoms with Crippen LogP contribution in [0.1, 0.15) is 0 Å². The fourth-order valence-corrected chi connectivity index (χ4v) is 4.80. The van der Waals surface area contributed by atoms with Crippen LogP contribution in [0.3, 0.4) is 0 Å². The fourth-order valence-electron chi connectivity index (χ4n) is 4.12. The third kappa shape index (κ3) is 4.86. The lowest BCUT2D eigenvalue weighted by Gasteiger charge is -2.34. The molecular formula is C24H24N6O5S. The number of hydrogen-bond acceptors (Lipinski definition) is 10. The second-order valence-corrected chi connectivity index (χ2v) is 10.8. The Bertz CT molecular complexity index is 1540. The molecule has 3 heterocycles. The summed E-state index contributed by atoms with van der Waals surface area (Å²) in [5.74, 6) is -0.243. The van der Waals surface area contributed by atoms with E-state index in [9.17, 15) is 18.5 Å². The fraction of sp³-hybridized carbons (Fsp3) is 0.250. The molecule has 36 heavy (non-hydrogen) atoms. The van der Waals surface area contributed by atoms with Crippen LogP contribution in [0.2, 0.25) is 0 Å². The van der Waals surface area contributed by atoms with Gasteiger partial charge in [-0.3, -0.25) is 0 Å². The Hall–Kier alpha value is -4.03. The molecule has 0 radical (unpaired) electrons. The predicted molar refractivity (Wildman–Crippen MR) is 136 cm³/mol. The van der Waals surface area contributed by atoms with Gasteiger partial charge >= 0.3 is 5.82 Å². The van der Waals surface area contributed by atoms with Gasteiger partial charge in [0.05, 0.1) is 4.90 Å². The molecule has 0 aliphatic carbocycles. The van der Waals surface area contributed by atoms with Crippen LogP contribution >= 0.6 is 0 Å². The first-order chi connectivity index (χ1) is 17.2. The molecule has 0 saturated carbocycles. The number of benzene rings is 2. The van der Waals surface area contributed by atoms with Gasteiger partial charge in [0.2, 0.25) is 0 Å². The van der Waals surface area contributed by atoms with Gasteiger partial charge in [-0.05, 0) is 47.3 Å². The zero-order chi connectivity index (χ0) is 25.4. The van der Waals surface area contributed by atoms with E-state index in [2.05, 4.69) is 32.1 Å². The number of nitro groups is 1. The first kappa shape index (κ1) is 23.7. The van der Waals surface area contributed by atoms with Crippen LogP contribution in [0.4, 0.5) is 23.2 Å². The van der Waals surface area contributed by atoms with Gasteiger partial charge in [-0.1, -0.05) is 12.1 Å². The number of aromatic nitrogens is 2. The minimum absolute atomic E-state index is 0.197. The number of hydrogen-bond donors (Lipinski definition) is 1. The molecule has 0 unspecified atom stereocenters. The van der Waals surface area contributed by atoms with Crippen molar-refractivity contribution in [1.29, 1.82) is 0 Å². The number of para-hydroxylation sites is 1. The smallest absolute Gasteiger partial charge is 0.363 e. The number of nitrogens with zero attached hydrogens (tertiary/aromatic N) is 5. The van der Waals surface area contributed by atoms with Crippen LogP contribution in [0.25, 0.3) is 22.2 Å². The largest absolute Gasteiger partial charge is 0.423 e. The molecule has 1 aliphatic heterocycles. The highest BCUT2D eigenvalue weighted by Gasteiger charge is 2.19. The Morgan fingerprint density at radius 2 is 1.86 bits per heavy atom. The van der Waals surface area contributed by atoms with Crippen LogP contribution in [0, 0.1) is 10.1 Å². The number of likely N-dealkylation sites (N-methyl/N-ethyl adjacent to an activating group) is 1. The molecule has 0 spiro atoms. The van der Waals surface area contributed by atoms with E-state index in [1.54, 1.807) is 30.3 Å². The molecule has 12 heteroatoms.